The quantitative estimate of drug-likeness (QED) is 0.664. The topological polar surface area (TPSA) is 86.7 Å². The molecule has 0 saturated carbocycles. The second-order valence-electron chi connectivity index (χ2n) is 5.15. The summed E-state index contributed by atoms with van der Waals surface area (Å²) in [4.78, 5) is 35.7. The van der Waals surface area contributed by atoms with Crippen LogP contribution in [0.15, 0.2) is 0 Å². The first-order valence-electron chi connectivity index (χ1n) is 6.10. The largest absolute Gasteiger partial charge is 0.480 e. The van der Waals surface area contributed by atoms with Gasteiger partial charge in [0.25, 0.3) is 0 Å². The SMILES string of the molecule is CCNC(CCN1C(=O)CC(C)(C)C1=O)C(=O)O. The Morgan fingerprint density at radius 1 is 1.50 bits per heavy atom. The van der Waals surface area contributed by atoms with Gasteiger partial charge in [0.05, 0.1) is 5.41 Å². The van der Waals surface area contributed by atoms with Gasteiger partial charge in [-0.3, -0.25) is 19.3 Å². The molecule has 18 heavy (non-hydrogen) atoms. The Kier molecular flexibility index (Phi) is 4.45. The molecule has 0 aromatic rings. The summed E-state index contributed by atoms with van der Waals surface area (Å²) >= 11 is 0. The molecule has 0 spiro atoms. The Hall–Kier alpha value is -1.43. The number of carbonyl (C=O) groups is 3. The molecule has 0 aliphatic carbocycles. The van der Waals surface area contributed by atoms with Crippen molar-refractivity contribution in [3.05, 3.63) is 0 Å². The van der Waals surface area contributed by atoms with Gasteiger partial charge in [-0.1, -0.05) is 20.8 Å². The molecule has 1 unspecified atom stereocenters. The molecule has 1 fully saturated rings. The lowest BCUT2D eigenvalue weighted by Crippen LogP contribution is -2.41. The highest BCUT2D eigenvalue weighted by Crippen LogP contribution is 2.31. The van der Waals surface area contributed by atoms with E-state index in [1.165, 1.54) is 4.90 Å². The van der Waals surface area contributed by atoms with E-state index in [9.17, 15) is 14.4 Å². The molecule has 1 rings (SSSR count). The standard InChI is InChI=1S/C12H20N2O4/c1-4-13-8(10(16)17)5-6-14-9(15)7-12(2,3)11(14)18/h8,13H,4-7H2,1-3H3,(H,16,17). The number of likely N-dealkylation sites (tertiary alicyclic amines) is 1. The Bertz CT molecular complexity index is 365. The molecule has 1 heterocycles. The van der Waals surface area contributed by atoms with Gasteiger partial charge < -0.3 is 10.4 Å². The molecule has 102 valence electrons. The minimum atomic E-state index is -0.963. The molecule has 1 aliphatic heterocycles. The second-order valence-corrected chi connectivity index (χ2v) is 5.15. The van der Waals surface area contributed by atoms with Gasteiger partial charge in [0, 0.05) is 13.0 Å². The van der Waals surface area contributed by atoms with Gasteiger partial charge in [0.15, 0.2) is 0 Å². The average molecular weight is 256 g/mol. The van der Waals surface area contributed by atoms with Crippen LogP contribution in [0.3, 0.4) is 0 Å². The highest BCUT2D eigenvalue weighted by molar-refractivity contribution is 6.05. The number of carboxylic acid groups (broad SMARTS) is 1. The summed E-state index contributed by atoms with van der Waals surface area (Å²) in [5.74, 6) is -1.39. The van der Waals surface area contributed by atoms with Crippen LogP contribution in [0, 0.1) is 5.41 Å². The van der Waals surface area contributed by atoms with Crippen LogP contribution in [0.4, 0.5) is 0 Å². The summed E-state index contributed by atoms with van der Waals surface area (Å²) in [5, 5.41) is 11.8. The molecule has 6 nitrogen and oxygen atoms in total. The summed E-state index contributed by atoms with van der Waals surface area (Å²) in [7, 11) is 0. The number of imide groups is 1. The first kappa shape index (κ1) is 14.6. The lowest BCUT2D eigenvalue weighted by atomic mass is 9.92. The zero-order valence-corrected chi connectivity index (χ0v) is 11.0. The van der Waals surface area contributed by atoms with E-state index < -0.39 is 17.4 Å². The van der Waals surface area contributed by atoms with Crippen molar-refractivity contribution in [1.29, 1.82) is 0 Å². The maximum Gasteiger partial charge on any atom is 0.320 e. The van der Waals surface area contributed by atoms with Crippen molar-refractivity contribution in [2.45, 2.75) is 39.7 Å². The Morgan fingerprint density at radius 2 is 2.11 bits per heavy atom. The zero-order valence-electron chi connectivity index (χ0n) is 11.0. The van der Waals surface area contributed by atoms with Gasteiger partial charge in [0.1, 0.15) is 6.04 Å². The van der Waals surface area contributed by atoms with E-state index in [0.717, 1.165) is 0 Å². The number of likely N-dealkylation sites (N-methyl/N-ethyl adjacent to an activating group) is 1. The molecule has 1 atom stereocenters. The number of nitrogens with zero attached hydrogens (tertiary/aromatic N) is 1. The molecule has 6 heteroatoms. The fraction of sp³-hybridized carbons (Fsp3) is 0.750. The highest BCUT2D eigenvalue weighted by Gasteiger charge is 2.44. The van der Waals surface area contributed by atoms with Crippen LogP contribution >= 0.6 is 0 Å². The van der Waals surface area contributed by atoms with E-state index in [0.29, 0.717) is 6.54 Å². The number of carbonyl (C=O) groups excluding carboxylic acids is 2. The van der Waals surface area contributed by atoms with Gasteiger partial charge in [-0.2, -0.15) is 0 Å². The molecule has 2 N–H and O–H groups in total. The molecule has 1 aliphatic rings. The minimum Gasteiger partial charge on any atom is -0.480 e. The summed E-state index contributed by atoms with van der Waals surface area (Å²) in [6.07, 6.45) is 0.432. The van der Waals surface area contributed by atoms with Crippen molar-refractivity contribution in [2.75, 3.05) is 13.1 Å². The monoisotopic (exact) mass is 256 g/mol. The van der Waals surface area contributed by atoms with E-state index in [-0.39, 0.29) is 31.2 Å². The van der Waals surface area contributed by atoms with Gasteiger partial charge in [-0.25, -0.2) is 0 Å². The van der Waals surface area contributed by atoms with Crippen LogP contribution in [-0.4, -0.2) is 46.9 Å². The van der Waals surface area contributed by atoms with Crippen LogP contribution < -0.4 is 5.32 Å². The fourth-order valence-corrected chi connectivity index (χ4v) is 2.07. The lowest BCUT2D eigenvalue weighted by molar-refractivity contribution is -0.144. The van der Waals surface area contributed by atoms with Gasteiger partial charge >= 0.3 is 5.97 Å². The van der Waals surface area contributed by atoms with Gasteiger partial charge in [0.2, 0.25) is 11.8 Å². The van der Waals surface area contributed by atoms with Crippen LogP contribution in [0.25, 0.3) is 0 Å². The predicted molar refractivity (Wildman–Crippen MR) is 64.8 cm³/mol. The summed E-state index contributed by atoms with van der Waals surface area (Å²) in [5.41, 5.74) is -0.659. The molecule has 2 amide bonds. The maximum absolute atomic E-state index is 11.9. The van der Waals surface area contributed by atoms with E-state index in [1.54, 1.807) is 13.8 Å². The first-order chi connectivity index (χ1) is 8.29. The van der Waals surface area contributed by atoms with Crippen LogP contribution in [0.2, 0.25) is 0 Å². The number of hydrogen-bond acceptors (Lipinski definition) is 4. The molecular formula is C12H20N2O4. The van der Waals surface area contributed by atoms with Crippen molar-refractivity contribution in [2.24, 2.45) is 5.41 Å². The highest BCUT2D eigenvalue weighted by atomic mass is 16.4. The average Bonchev–Trinajstić information content (AvgIpc) is 2.44. The summed E-state index contributed by atoms with van der Waals surface area (Å²) < 4.78 is 0. The Morgan fingerprint density at radius 3 is 2.50 bits per heavy atom. The second kappa shape index (κ2) is 5.48. The summed E-state index contributed by atoms with van der Waals surface area (Å²) in [6, 6.07) is -0.723. The maximum atomic E-state index is 11.9. The van der Waals surface area contributed by atoms with Crippen LogP contribution in [0.5, 0.6) is 0 Å². The van der Waals surface area contributed by atoms with Crippen LogP contribution in [0.1, 0.15) is 33.6 Å². The van der Waals surface area contributed by atoms with E-state index in [4.69, 9.17) is 5.11 Å². The van der Waals surface area contributed by atoms with Crippen molar-refractivity contribution in [1.82, 2.24) is 10.2 Å². The third-order valence-corrected chi connectivity index (χ3v) is 3.11. The van der Waals surface area contributed by atoms with Crippen molar-refractivity contribution in [3.63, 3.8) is 0 Å². The molecule has 0 aromatic heterocycles. The van der Waals surface area contributed by atoms with E-state index >= 15 is 0 Å². The van der Waals surface area contributed by atoms with Crippen molar-refractivity contribution in [3.8, 4) is 0 Å². The van der Waals surface area contributed by atoms with E-state index in [1.807, 2.05) is 6.92 Å². The number of rotatable bonds is 6. The predicted octanol–water partition coefficient (Wildman–Crippen LogP) is 0.224. The Balaban J connectivity index is 2.60. The zero-order chi connectivity index (χ0) is 13.9. The number of carboxylic acids is 1. The molecule has 0 aromatic carbocycles. The normalized spacial score (nSPS) is 20.3. The number of hydrogen-bond donors (Lipinski definition) is 2. The summed E-state index contributed by atoms with van der Waals surface area (Å²) in [6.45, 7) is 5.96. The smallest absolute Gasteiger partial charge is 0.320 e. The molecular weight excluding hydrogens is 236 g/mol. The molecule has 1 saturated heterocycles. The molecule has 0 bridgehead atoms. The minimum absolute atomic E-state index is 0.158. The fourth-order valence-electron chi connectivity index (χ4n) is 2.07. The van der Waals surface area contributed by atoms with E-state index in [2.05, 4.69) is 5.32 Å². The van der Waals surface area contributed by atoms with Crippen LogP contribution in [-0.2, 0) is 14.4 Å². The van der Waals surface area contributed by atoms with Gasteiger partial charge in [-0.15, -0.1) is 0 Å². The molecule has 0 radical (unpaired) electrons. The lowest BCUT2D eigenvalue weighted by Gasteiger charge is -2.20. The Labute approximate surface area is 106 Å². The van der Waals surface area contributed by atoms with Crippen molar-refractivity contribution < 1.29 is 19.5 Å². The number of amides is 2. The third-order valence-electron chi connectivity index (χ3n) is 3.11. The third kappa shape index (κ3) is 3.07. The first-order valence-corrected chi connectivity index (χ1v) is 6.10. The number of nitrogens with one attached hydrogen (secondary N) is 1. The number of aliphatic carboxylic acids is 1. The van der Waals surface area contributed by atoms with Crippen molar-refractivity contribution >= 4 is 17.8 Å². The van der Waals surface area contributed by atoms with Gasteiger partial charge in [-0.05, 0) is 13.0 Å².